The molecule has 26 heavy (non-hydrogen) atoms. The second kappa shape index (κ2) is 6.30. The average molecular weight is 367 g/mol. The SMILES string of the molecule is COc1ccc(CNC(=O)c2sc3c(c(C)cc4ncnn43)c2N)cc1. The third-order valence-corrected chi connectivity index (χ3v) is 5.43. The maximum absolute atomic E-state index is 12.7. The van der Waals surface area contributed by atoms with E-state index in [1.54, 1.807) is 11.6 Å². The number of carbonyl (C=O) groups is 1. The fourth-order valence-electron chi connectivity index (χ4n) is 2.91. The fraction of sp³-hybridized carbons (Fsp3) is 0.167. The Morgan fingerprint density at radius 3 is 2.85 bits per heavy atom. The van der Waals surface area contributed by atoms with Crippen molar-refractivity contribution < 1.29 is 9.53 Å². The average Bonchev–Trinajstić information content (AvgIpc) is 3.24. The number of methoxy groups -OCH3 is 1. The van der Waals surface area contributed by atoms with E-state index >= 15 is 0 Å². The Morgan fingerprint density at radius 2 is 2.12 bits per heavy atom. The molecule has 0 aliphatic heterocycles. The minimum absolute atomic E-state index is 0.202. The van der Waals surface area contributed by atoms with E-state index in [4.69, 9.17) is 10.5 Å². The van der Waals surface area contributed by atoms with Gasteiger partial charge >= 0.3 is 0 Å². The summed E-state index contributed by atoms with van der Waals surface area (Å²) in [6, 6.07) is 9.46. The summed E-state index contributed by atoms with van der Waals surface area (Å²) in [4.78, 5) is 18.2. The van der Waals surface area contributed by atoms with E-state index in [1.807, 2.05) is 37.3 Å². The molecule has 0 fully saturated rings. The van der Waals surface area contributed by atoms with Crippen molar-refractivity contribution in [1.29, 1.82) is 0 Å². The summed E-state index contributed by atoms with van der Waals surface area (Å²) in [5.74, 6) is 0.577. The molecule has 0 aliphatic carbocycles. The molecule has 1 aromatic carbocycles. The normalized spacial score (nSPS) is 11.2. The van der Waals surface area contributed by atoms with Crippen LogP contribution in [0.3, 0.4) is 0 Å². The Labute approximate surface area is 153 Å². The summed E-state index contributed by atoms with van der Waals surface area (Å²) < 4.78 is 6.85. The molecule has 8 heteroatoms. The lowest BCUT2D eigenvalue weighted by atomic mass is 10.1. The van der Waals surface area contributed by atoms with Gasteiger partial charge in [0.05, 0.1) is 12.8 Å². The maximum Gasteiger partial charge on any atom is 0.263 e. The van der Waals surface area contributed by atoms with E-state index in [1.165, 1.54) is 17.7 Å². The van der Waals surface area contributed by atoms with Crippen LogP contribution in [-0.2, 0) is 6.54 Å². The van der Waals surface area contributed by atoms with Gasteiger partial charge in [0.25, 0.3) is 5.91 Å². The van der Waals surface area contributed by atoms with Gasteiger partial charge in [0.15, 0.2) is 5.65 Å². The number of nitrogen functional groups attached to an aromatic ring is 1. The Balaban J connectivity index is 1.64. The van der Waals surface area contributed by atoms with Crippen LogP contribution in [0.1, 0.15) is 20.8 Å². The fourth-order valence-corrected chi connectivity index (χ4v) is 4.08. The van der Waals surface area contributed by atoms with Gasteiger partial charge in [-0.1, -0.05) is 12.1 Å². The number of hydrogen-bond donors (Lipinski definition) is 2. The van der Waals surface area contributed by atoms with Gasteiger partial charge in [-0.2, -0.15) is 5.10 Å². The molecule has 0 saturated heterocycles. The molecule has 0 spiro atoms. The monoisotopic (exact) mass is 367 g/mol. The first kappa shape index (κ1) is 16.3. The summed E-state index contributed by atoms with van der Waals surface area (Å²) in [6.45, 7) is 2.37. The first-order chi connectivity index (χ1) is 12.6. The third-order valence-electron chi connectivity index (χ3n) is 4.25. The molecule has 0 saturated carbocycles. The van der Waals surface area contributed by atoms with Gasteiger partial charge in [-0.15, -0.1) is 11.3 Å². The number of fused-ring (bicyclic) bond motifs is 3. The number of aryl methyl sites for hydroxylation is 1. The van der Waals surface area contributed by atoms with E-state index in [0.717, 1.165) is 32.7 Å². The summed E-state index contributed by atoms with van der Waals surface area (Å²) in [6.07, 6.45) is 1.49. The molecular weight excluding hydrogens is 350 g/mol. The van der Waals surface area contributed by atoms with E-state index in [9.17, 15) is 4.79 Å². The number of rotatable bonds is 4. The highest BCUT2D eigenvalue weighted by Crippen LogP contribution is 2.36. The highest BCUT2D eigenvalue weighted by molar-refractivity contribution is 7.21. The quantitative estimate of drug-likeness (QED) is 0.578. The highest BCUT2D eigenvalue weighted by Gasteiger charge is 2.20. The van der Waals surface area contributed by atoms with Gasteiger partial charge in [0.1, 0.15) is 21.8 Å². The van der Waals surface area contributed by atoms with E-state index in [-0.39, 0.29) is 5.91 Å². The summed E-state index contributed by atoms with van der Waals surface area (Å²) in [5.41, 5.74) is 9.45. The smallest absolute Gasteiger partial charge is 0.263 e. The molecule has 3 N–H and O–H groups in total. The molecule has 4 aromatic rings. The Hall–Kier alpha value is -3.13. The van der Waals surface area contributed by atoms with Gasteiger partial charge in [-0.05, 0) is 36.2 Å². The molecule has 1 amide bonds. The van der Waals surface area contributed by atoms with E-state index < -0.39 is 0 Å². The molecule has 3 heterocycles. The molecule has 3 aromatic heterocycles. The van der Waals surface area contributed by atoms with Gasteiger partial charge in [-0.3, -0.25) is 4.79 Å². The van der Waals surface area contributed by atoms with Gasteiger partial charge < -0.3 is 15.8 Å². The zero-order valence-electron chi connectivity index (χ0n) is 14.3. The molecule has 0 unspecified atom stereocenters. The lowest BCUT2D eigenvalue weighted by molar-refractivity contribution is 0.0956. The van der Waals surface area contributed by atoms with Crippen LogP contribution in [-0.4, -0.2) is 27.6 Å². The van der Waals surface area contributed by atoms with Gasteiger partial charge in [0.2, 0.25) is 0 Å². The van der Waals surface area contributed by atoms with Crippen molar-refractivity contribution in [2.75, 3.05) is 12.8 Å². The molecule has 7 nitrogen and oxygen atoms in total. The highest BCUT2D eigenvalue weighted by atomic mass is 32.1. The number of nitrogens with zero attached hydrogens (tertiary/aromatic N) is 3. The second-order valence-electron chi connectivity index (χ2n) is 5.91. The minimum Gasteiger partial charge on any atom is -0.497 e. The van der Waals surface area contributed by atoms with Crippen LogP contribution in [0, 0.1) is 6.92 Å². The van der Waals surface area contributed by atoms with Crippen LogP contribution in [0.15, 0.2) is 36.7 Å². The predicted molar refractivity (Wildman–Crippen MR) is 102 cm³/mol. The molecule has 0 aliphatic rings. The Bertz CT molecular complexity index is 1110. The van der Waals surface area contributed by atoms with Crippen molar-refractivity contribution in [2.24, 2.45) is 0 Å². The number of pyridine rings is 1. The number of nitrogens with one attached hydrogen (secondary N) is 1. The number of nitrogens with two attached hydrogens (primary N) is 1. The number of aromatic nitrogens is 3. The molecule has 0 atom stereocenters. The molecule has 4 rings (SSSR count). The van der Waals surface area contributed by atoms with Crippen molar-refractivity contribution in [3.8, 4) is 5.75 Å². The van der Waals surface area contributed by atoms with Gasteiger partial charge in [-0.25, -0.2) is 9.50 Å². The van der Waals surface area contributed by atoms with Crippen molar-refractivity contribution in [1.82, 2.24) is 19.9 Å². The van der Waals surface area contributed by atoms with Crippen LogP contribution >= 0.6 is 11.3 Å². The van der Waals surface area contributed by atoms with Crippen molar-refractivity contribution in [2.45, 2.75) is 13.5 Å². The van der Waals surface area contributed by atoms with Crippen LogP contribution < -0.4 is 15.8 Å². The summed E-state index contributed by atoms with van der Waals surface area (Å²) in [5, 5.41) is 8.00. The zero-order valence-corrected chi connectivity index (χ0v) is 15.1. The first-order valence-electron chi connectivity index (χ1n) is 8.01. The van der Waals surface area contributed by atoms with E-state index in [0.29, 0.717) is 17.1 Å². The number of ether oxygens (including phenoxy) is 1. The number of amides is 1. The van der Waals surface area contributed by atoms with Crippen LogP contribution in [0.5, 0.6) is 5.75 Å². The second-order valence-corrected chi connectivity index (χ2v) is 6.91. The zero-order chi connectivity index (χ0) is 18.3. The molecule has 0 radical (unpaired) electrons. The lowest BCUT2D eigenvalue weighted by Gasteiger charge is -2.06. The van der Waals surface area contributed by atoms with Crippen LogP contribution in [0.2, 0.25) is 0 Å². The van der Waals surface area contributed by atoms with Crippen molar-refractivity contribution in [3.05, 3.63) is 52.7 Å². The van der Waals surface area contributed by atoms with Crippen molar-refractivity contribution in [3.63, 3.8) is 0 Å². The molecule has 0 bridgehead atoms. The van der Waals surface area contributed by atoms with Crippen LogP contribution in [0.25, 0.3) is 15.9 Å². The van der Waals surface area contributed by atoms with E-state index in [2.05, 4.69) is 15.4 Å². The number of hydrogen-bond acceptors (Lipinski definition) is 6. The molecule has 132 valence electrons. The summed E-state index contributed by atoms with van der Waals surface area (Å²) in [7, 11) is 1.62. The maximum atomic E-state index is 12.7. The number of thiophene rings is 1. The number of carbonyl (C=O) groups excluding carboxylic acids is 1. The molecular formula is C18H17N5O2S. The van der Waals surface area contributed by atoms with Crippen molar-refractivity contribution >= 4 is 38.8 Å². The Kier molecular flexibility index (Phi) is 3.96. The number of benzene rings is 1. The third kappa shape index (κ3) is 2.64. The first-order valence-corrected chi connectivity index (χ1v) is 8.82. The van der Waals surface area contributed by atoms with Gasteiger partial charge in [0, 0.05) is 11.9 Å². The Morgan fingerprint density at radius 1 is 1.35 bits per heavy atom. The number of anilines is 1. The minimum atomic E-state index is -0.202. The standard InChI is InChI=1S/C18H17N5O2S/c1-10-7-13-21-9-22-23(13)18-14(10)15(19)16(26-18)17(24)20-8-11-3-5-12(25-2)6-4-11/h3-7,9H,8,19H2,1-2H3,(H,20,24). The summed E-state index contributed by atoms with van der Waals surface area (Å²) >= 11 is 1.32. The predicted octanol–water partition coefficient (Wildman–Crippen LogP) is 2.77. The lowest BCUT2D eigenvalue weighted by Crippen LogP contribution is -2.22. The largest absolute Gasteiger partial charge is 0.497 e. The van der Waals surface area contributed by atoms with Crippen LogP contribution in [0.4, 0.5) is 5.69 Å². The topological polar surface area (TPSA) is 94.5 Å².